The topological polar surface area (TPSA) is 180 Å². The Morgan fingerprint density at radius 3 is 1.95 bits per heavy atom. The molecule has 0 unspecified atom stereocenters. The third-order valence-electron chi connectivity index (χ3n) is 7.13. The molecule has 4 aromatic rings. The number of carbonyl (C=O) groups is 3. The van der Waals surface area contributed by atoms with Crippen LogP contribution in [-0.4, -0.2) is 55.1 Å². The monoisotopic (exact) mass is 613 g/mol. The summed E-state index contributed by atoms with van der Waals surface area (Å²) in [5.74, 6) is -1.14. The Bertz CT molecular complexity index is 1650. The first kappa shape index (κ1) is 34.6. The van der Waals surface area contributed by atoms with Crippen molar-refractivity contribution >= 4 is 41.4 Å². The van der Waals surface area contributed by atoms with Crippen molar-refractivity contribution in [3.05, 3.63) is 99.0 Å². The number of aryl methyl sites for hydroxylation is 1. The van der Waals surface area contributed by atoms with Crippen molar-refractivity contribution in [1.29, 1.82) is 0 Å². The van der Waals surface area contributed by atoms with Gasteiger partial charge in [-0.25, -0.2) is 14.6 Å². The van der Waals surface area contributed by atoms with Crippen LogP contribution in [-0.2, 0) is 29.1 Å². The number of imidazole rings is 1. The molecule has 13 nitrogen and oxygen atoms in total. The average Bonchev–Trinajstić information content (AvgIpc) is 3.50. The number of barbiturate groups is 1. The van der Waals surface area contributed by atoms with E-state index in [-0.39, 0.29) is 29.7 Å². The fourth-order valence-corrected chi connectivity index (χ4v) is 4.43. The van der Waals surface area contributed by atoms with Crippen LogP contribution in [0.5, 0.6) is 0 Å². The summed E-state index contributed by atoms with van der Waals surface area (Å²) < 4.78 is 2.37. The second kappa shape index (κ2) is 15.0. The molecular formula is C29H36ClN7O6. The Balaban J connectivity index is 0.000000227. The number of aromatic amines is 1. The lowest BCUT2D eigenvalue weighted by molar-refractivity contribution is -0.138. The molecule has 2 aromatic heterocycles. The van der Waals surface area contributed by atoms with Crippen molar-refractivity contribution in [3.8, 4) is 0 Å². The number of aromatic nitrogens is 4. The zero-order chi connectivity index (χ0) is 31.0. The van der Waals surface area contributed by atoms with Gasteiger partial charge in [0.25, 0.3) is 5.56 Å². The molecule has 5 N–H and O–H groups in total. The highest BCUT2D eigenvalue weighted by molar-refractivity contribution is 6.22. The van der Waals surface area contributed by atoms with Gasteiger partial charge in [-0.3, -0.25) is 34.2 Å². The number of carbonyl (C=O) groups excluding carboxylic acids is 3. The molecule has 2 aromatic carbocycles. The van der Waals surface area contributed by atoms with Crippen LogP contribution in [0.3, 0.4) is 0 Å². The molecule has 1 fully saturated rings. The van der Waals surface area contributed by atoms with E-state index in [1.807, 2.05) is 44.3 Å². The molecule has 14 heteroatoms. The number of aliphatic hydroxyl groups is 1. The van der Waals surface area contributed by atoms with Crippen LogP contribution >= 0.6 is 12.4 Å². The SMILES string of the molecule is CCC1(c2ccccc2)C(=O)NC(=O)NC1=O.CN[C@@H](C)[C@H](O)c1ccccc1.Cl.Cn1c(=O)c2[nH]cnc2n(C)c1=O. The minimum Gasteiger partial charge on any atom is -0.387 e. The van der Waals surface area contributed by atoms with E-state index in [1.54, 1.807) is 44.3 Å². The summed E-state index contributed by atoms with van der Waals surface area (Å²) in [4.78, 5) is 64.4. The number of amides is 4. The van der Waals surface area contributed by atoms with E-state index < -0.39 is 29.4 Å². The zero-order valence-corrected chi connectivity index (χ0v) is 25.3. The first-order chi connectivity index (χ1) is 20.0. The molecule has 3 heterocycles. The zero-order valence-electron chi connectivity index (χ0n) is 24.5. The molecular weight excluding hydrogens is 578 g/mol. The number of halogens is 1. The van der Waals surface area contributed by atoms with Crippen molar-refractivity contribution in [1.82, 2.24) is 35.1 Å². The largest absolute Gasteiger partial charge is 0.387 e. The van der Waals surface area contributed by atoms with Gasteiger partial charge in [-0.05, 0) is 31.5 Å². The van der Waals surface area contributed by atoms with Gasteiger partial charge in [0, 0.05) is 20.1 Å². The summed E-state index contributed by atoms with van der Waals surface area (Å²) in [5.41, 5.74) is 0.247. The molecule has 1 aliphatic rings. The first-order valence-corrected chi connectivity index (χ1v) is 13.2. The maximum absolute atomic E-state index is 12.0. The van der Waals surface area contributed by atoms with Crippen LogP contribution < -0.4 is 27.2 Å². The van der Waals surface area contributed by atoms with Gasteiger partial charge in [-0.1, -0.05) is 67.6 Å². The average molecular weight is 614 g/mol. The number of rotatable bonds is 5. The third-order valence-corrected chi connectivity index (χ3v) is 7.13. The van der Waals surface area contributed by atoms with E-state index in [0.29, 0.717) is 23.1 Å². The first-order valence-electron chi connectivity index (χ1n) is 13.2. The number of fused-ring (bicyclic) bond motifs is 1. The minimum absolute atomic E-state index is 0. The van der Waals surface area contributed by atoms with Crippen molar-refractivity contribution in [2.24, 2.45) is 14.1 Å². The number of H-pyrrole nitrogens is 1. The smallest absolute Gasteiger partial charge is 0.332 e. The molecule has 0 aliphatic carbocycles. The lowest BCUT2D eigenvalue weighted by Gasteiger charge is -2.33. The van der Waals surface area contributed by atoms with Crippen LogP contribution in [0.15, 0.2) is 76.6 Å². The van der Waals surface area contributed by atoms with Crippen LogP contribution in [0, 0.1) is 0 Å². The molecule has 1 saturated heterocycles. The predicted octanol–water partition coefficient (Wildman–Crippen LogP) is 1.41. The number of nitrogens with zero attached hydrogens (tertiary/aromatic N) is 3. The minimum atomic E-state index is -1.31. The van der Waals surface area contributed by atoms with Crippen LogP contribution in [0.25, 0.3) is 11.2 Å². The molecule has 4 amide bonds. The molecule has 1 aliphatic heterocycles. The summed E-state index contributed by atoms with van der Waals surface area (Å²) in [7, 11) is 4.85. The predicted molar refractivity (Wildman–Crippen MR) is 164 cm³/mol. The fraction of sp³-hybridized carbons (Fsp3) is 0.310. The lowest BCUT2D eigenvalue weighted by Crippen LogP contribution is -2.64. The van der Waals surface area contributed by atoms with Gasteiger partial charge in [0.2, 0.25) is 11.8 Å². The van der Waals surface area contributed by atoms with Gasteiger partial charge in [0.05, 0.1) is 12.4 Å². The third kappa shape index (κ3) is 7.25. The fourth-order valence-electron chi connectivity index (χ4n) is 4.43. The summed E-state index contributed by atoms with van der Waals surface area (Å²) in [6, 6.07) is 17.7. The van der Waals surface area contributed by atoms with Gasteiger partial charge in [-0.15, -0.1) is 12.4 Å². The summed E-state index contributed by atoms with van der Waals surface area (Å²) in [6.45, 7) is 3.69. The quantitative estimate of drug-likeness (QED) is 0.210. The Labute approximate surface area is 253 Å². The van der Waals surface area contributed by atoms with Crippen molar-refractivity contribution < 1.29 is 19.5 Å². The molecule has 2 atom stereocenters. The highest BCUT2D eigenvalue weighted by Crippen LogP contribution is 2.30. The molecule has 5 rings (SSSR count). The van der Waals surface area contributed by atoms with Crippen molar-refractivity contribution in [3.63, 3.8) is 0 Å². The van der Waals surface area contributed by atoms with Crippen molar-refractivity contribution in [2.75, 3.05) is 7.05 Å². The highest BCUT2D eigenvalue weighted by Gasteiger charge is 2.50. The molecule has 230 valence electrons. The molecule has 0 spiro atoms. The van der Waals surface area contributed by atoms with Gasteiger partial charge < -0.3 is 15.4 Å². The lowest BCUT2D eigenvalue weighted by atomic mass is 9.75. The normalized spacial score (nSPS) is 15.0. The molecule has 0 radical (unpaired) electrons. The van der Waals surface area contributed by atoms with Gasteiger partial charge in [0.1, 0.15) is 5.52 Å². The standard InChI is InChI=1S/C12H12N2O3.C10H15NO.C7H8N4O2.ClH/c1-2-12(8-6-4-3-5-7-8)9(15)13-11(17)14-10(12)16;1-8(11-2)10(12)9-6-4-3-5-7-9;1-10-5-4(8-3-9-5)6(12)11(2)7(10)13;/h3-7H,2H2,1H3,(H2,13,14,15,16,17);3-8,10-12H,1-2H3;3H,1-2H3,(H,8,9);1H/t;8-,10-;;/m.0../s1. The number of likely N-dealkylation sites (N-methyl/N-ethyl adjacent to an activating group) is 1. The van der Waals surface area contributed by atoms with E-state index in [1.165, 1.54) is 17.9 Å². The Morgan fingerprint density at radius 1 is 0.907 bits per heavy atom. The van der Waals surface area contributed by atoms with E-state index in [2.05, 4.69) is 25.9 Å². The second-order valence-electron chi connectivity index (χ2n) is 9.60. The number of imide groups is 2. The Kier molecular flexibility index (Phi) is 12.1. The second-order valence-corrected chi connectivity index (χ2v) is 9.60. The molecule has 43 heavy (non-hydrogen) atoms. The number of benzene rings is 2. The number of urea groups is 1. The number of nitrogens with one attached hydrogen (secondary N) is 4. The number of hydrogen-bond acceptors (Lipinski definition) is 8. The van der Waals surface area contributed by atoms with Crippen LogP contribution in [0.2, 0.25) is 0 Å². The molecule has 0 saturated carbocycles. The van der Waals surface area contributed by atoms with E-state index in [4.69, 9.17) is 0 Å². The van der Waals surface area contributed by atoms with E-state index in [0.717, 1.165) is 10.1 Å². The summed E-state index contributed by atoms with van der Waals surface area (Å²) in [5, 5.41) is 17.0. The van der Waals surface area contributed by atoms with Gasteiger partial charge in [0.15, 0.2) is 11.1 Å². The van der Waals surface area contributed by atoms with E-state index in [9.17, 15) is 29.1 Å². The summed E-state index contributed by atoms with van der Waals surface area (Å²) >= 11 is 0. The van der Waals surface area contributed by atoms with Crippen LogP contribution in [0.1, 0.15) is 37.5 Å². The number of aliphatic hydroxyl groups excluding tert-OH is 1. The summed E-state index contributed by atoms with van der Waals surface area (Å²) in [6.07, 6.45) is 1.27. The maximum Gasteiger partial charge on any atom is 0.332 e. The van der Waals surface area contributed by atoms with E-state index >= 15 is 0 Å². The molecule has 0 bridgehead atoms. The van der Waals surface area contributed by atoms with Gasteiger partial charge in [-0.2, -0.15) is 0 Å². The number of hydrogen-bond donors (Lipinski definition) is 5. The van der Waals surface area contributed by atoms with Crippen LogP contribution in [0.4, 0.5) is 4.79 Å². The highest BCUT2D eigenvalue weighted by atomic mass is 35.5. The Hall–Kier alpha value is -4.59. The van der Waals surface area contributed by atoms with Crippen molar-refractivity contribution in [2.45, 2.75) is 37.8 Å². The Morgan fingerprint density at radius 2 is 1.44 bits per heavy atom. The maximum atomic E-state index is 12.0. The van der Waals surface area contributed by atoms with Gasteiger partial charge >= 0.3 is 11.7 Å².